The second kappa shape index (κ2) is 8.18. The molecule has 0 saturated carbocycles. The zero-order valence-corrected chi connectivity index (χ0v) is 16.2. The van der Waals surface area contributed by atoms with Gasteiger partial charge in [-0.2, -0.15) is 18.2 Å². The Balaban J connectivity index is 1.63. The first-order chi connectivity index (χ1) is 15.2. The van der Waals surface area contributed by atoms with Gasteiger partial charge in [0, 0.05) is 35.0 Å². The van der Waals surface area contributed by atoms with Crippen molar-refractivity contribution in [1.29, 1.82) is 0 Å². The molecule has 158 valence electrons. The third kappa shape index (κ3) is 4.31. The van der Waals surface area contributed by atoms with E-state index in [1.807, 2.05) is 0 Å². The maximum atomic E-state index is 13.1. The number of nitrogens with one attached hydrogen (secondary N) is 1. The minimum Gasteiger partial charge on any atom is -0.421 e. The average Bonchev–Trinajstić information content (AvgIpc) is 2.74. The molecule has 1 amide bonds. The fourth-order valence-electron chi connectivity index (χ4n) is 3.02. The summed E-state index contributed by atoms with van der Waals surface area (Å²) >= 11 is 0. The molecule has 7 nitrogen and oxygen atoms in total. The van der Waals surface area contributed by atoms with E-state index in [0.717, 1.165) is 6.07 Å². The molecule has 0 bridgehead atoms. The van der Waals surface area contributed by atoms with Gasteiger partial charge in [-0.15, -0.1) is 0 Å². The maximum absolute atomic E-state index is 13.1. The van der Waals surface area contributed by atoms with Gasteiger partial charge in [-0.05, 0) is 24.3 Å². The number of rotatable bonds is 4. The van der Waals surface area contributed by atoms with Gasteiger partial charge in [0.25, 0.3) is 5.91 Å². The molecule has 0 aliphatic carbocycles. The molecule has 11 heteroatoms. The lowest BCUT2D eigenvalue weighted by atomic mass is 9.88. The van der Waals surface area contributed by atoms with E-state index in [9.17, 15) is 18.0 Å². The van der Waals surface area contributed by atoms with Gasteiger partial charge in [-0.1, -0.05) is 23.7 Å². The fraction of sp³-hybridized carbons (Fsp3) is 0.0476. The molecule has 0 saturated heterocycles. The van der Waals surface area contributed by atoms with Gasteiger partial charge in [-0.3, -0.25) is 4.79 Å². The summed E-state index contributed by atoms with van der Waals surface area (Å²) in [5.74, 6) is -0.203. The number of nitrogens with two attached hydrogens (primary N) is 1. The number of alkyl halides is 3. The highest BCUT2D eigenvalue weighted by atomic mass is 19.4. The number of ether oxygens (including phenoxy) is 1. The fourth-order valence-corrected chi connectivity index (χ4v) is 3.02. The Morgan fingerprint density at radius 2 is 1.75 bits per heavy atom. The number of halogens is 3. The zero-order valence-electron chi connectivity index (χ0n) is 16.2. The molecule has 2 heterocycles. The van der Waals surface area contributed by atoms with Crippen molar-refractivity contribution in [3.8, 4) is 11.8 Å². The quantitative estimate of drug-likeness (QED) is 0.476. The van der Waals surface area contributed by atoms with Crippen LogP contribution in [0.15, 0.2) is 60.8 Å². The van der Waals surface area contributed by atoms with Crippen molar-refractivity contribution in [2.45, 2.75) is 6.18 Å². The van der Waals surface area contributed by atoms with Crippen LogP contribution in [0.2, 0.25) is 0 Å². The summed E-state index contributed by atoms with van der Waals surface area (Å²) < 4.78 is 44.8. The highest BCUT2D eigenvalue weighted by molar-refractivity contribution is 6.38. The summed E-state index contributed by atoms with van der Waals surface area (Å²) in [4.78, 5) is 24.8. The number of nitrogens with zero attached hydrogens (tertiary/aromatic N) is 3. The molecule has 2 aromatic heterocycles. The van der Waals surface area contributed by atoms with Gasteiger partial charge in [0.05, 0.1) is 11.1 Å². The third-order valence-corrected chi connectivity index (χ3v) is 4.47. The average molecular weight is 435 g/mol. The molecular weight excluding hydrogens is 422 g/mol. The van der Waals surface area contributed by atoms with E-state index in [2.05, 4.69) is 20.3 Å². The number of hydrogen-bond donors (Lipinski definition) is 2. The number of nitrogen functional groups attached to an aromatic ring is 1. The van der Waals surface area contributed by atoms with Crippen molar-refractivity contribution in [3.05, 3.63) is 71.9 Å². The lowest BCUT2D eigenvalue weighted by molar-refractivity contribution is -0.136. The molecule has 2 aromatic carbocycles. The third-order valence-electron chi connectivity index (χ3n) is 4.47. The van der Waals surface area contributed by atoms with Crippen molar-refractivity contribution in [2.75, 3.05) is 11.1 Å². The van der Waals surface area contributed by atoms with E-state index in [1.165, 1.54) is 36.5 Å². The van der Waals surface area contributed by atoms with E-state index < -0.39 is 23.1 Å². The molecule has 0 aliphatic heterocycles. The van der Waals surface area contributed by atoms with Crippen molar-refractivity contribution >= 4 is 41.8 Å². The van der Waals surface area contributed by atoms with Crippen LogP contribution < -0.4 is 21.3 Å². The van der Waals surface area contributed by atoms with Gasteiger partial charge in [0.1, 0.15) is 7.85 Å². The largest absolute Gasteiger partial charge is 0.421 e. The monoisotopic (exact) mass is 435 g/mol. The van der Waals surface area contributed by atoms with Crippen molar-refractivity contribution in [1.82, 2.24) is 15.0 Å². The van der Waals surface area contributed by atoms with Crippen LogP contribution in [-0.4, -0.2) is 28.7 Å². The molecule has 32 heavy (non-hydrogen) atoms. The van der Waals surface area contributed by atoms with Crippen LogP contribution in [0.5, 0.6) is 11.8 Å². The molecule has 3 N–H and O–H groups in total. The van der Waals surface area contributed by atoms with Gasteiger partial charge in [0.15, 0.2) is 0 Å². The van der Waals surface area contributed by atoms with E-state index in [1.54, 1.807) is 18.2 Å². The smallest absolute Gasteiger partial charge is 0.415 e. The molecule has 0 unspecified atom stereocenters. The van der Waals surface area contributed by atoms with Gasteiger partial charge < -0.3 is 15.8 Å². The number of benzene rings is 2. The van der Waals surface area contributed by atoms with Crippen LogP contribution in [-0.2, 0) is 6.18 Å². The Morgan fingerprint density at radius 1 is 1.00 bits per heavy atom. The second-order valence-corrected chi connectivity index (χ2v) is 6.60. The highest BCUT2D eigenvalue weighted by Gasteiger charge is 2.32. The van der Waals surface area contributed by atoms with Crippen LogP contribution in [0.1, 0.15) is 15.9 Å². The summed E-state index contributed by atoms with van der Waals surface area (Å²) in [6, 6.07) is 12.7. The second-order valence-electron chi connectivity index (χ2n) is 6.60. The first-order valence-electron chi connectivity index (χ1n) is 9.15. The lowest BCUT2D eigenvalue weighted by Crippen LogP contribution is -2.25. The van der Waals surface area contributed by atoms with Gasteiger partial charge >= 0.3 is 6.18 Å². The Bertz CT molecular complexity index is 1330. The first-order valence-corrected chi connectivity index (χ1v) is 9.15. The number of pyridine rings is 1. The molecule has 4 aromatic rings. The number of carbonyl (C=O) groups is 1. The summed E-state index contributed by atoms with van der Waals surface area (Å²) in [7, 11) is 5.63. The predicted molar refractivity (Wildman–Crippen MR) is 113 cm³/mol. The van der Waals surface area contributed by atoms with Crippen molar-refractivity contribution < 1.29 is 22.7 Å². The maximum Gasteiger partial charge on any atom is 0.415 e. The minimum absolute atomic E-state index is 0.0381. The number of amides is 1. The Hall–Kier alpha value is -4.15. The molecule has 0 aliphatic rings. The normalized spacial score (nSPS) is 11.3. The van der Waals surface area contributed by atoms with E-state index in [4.69, 9.17) is 18.3 Å². The zero-order chi connectivity index (χ0) is 22.9. The SMILES string of the molecule is [B]c1c(NC(=O)c2cccc3nc(Oc4ccnc(N)n4)ccc23)cccc1C(F)(F)F. The summed E-state index contributed by atoms with van der Waals surface area (Å²) in [6.07, 6.45) is -3.21. The Kier molecular flexibility index (Phi) is 5.39. The molecule has 4 rings (SSSR count). The van der Waals surface area contributed by atoms with Crippen molar-refractivity contribution in [3.63, 3.8) is 0 Å². The topological polar surface area (TPSA) is 103 Å². The summed E-state index contributed by atoms with van der Waals surface area (Å²) in [5, 5.41) is 2.90. The van der Waals surface area contributed by atoms with Crippen LogP contribution >= 0.6 is 0 Å². The standard InChI is InChI=1S/C21H13BF3N5O2/c22-18-13(21(23,24)25)4-2-6-15(18)29-19(31)12-3-1-5-14-11(12)7-8-16(28-14)32-17-9-10-27-20(26)30-17/h1-10H,(H,29,31)(H2,26,27,30). The number of aromatic nitrogens is 3. The van der Waals surface area contributed by atoms with Crippen LogP contribution in [0.25, 0.3) is 10.9 Å². The molecule has 0 fully saturated rings. The summed E-state index contributed by atoms with van der Waals surface area (Å²) in [6.45, 7) is 0. The lowest BCUT2D eigenvalue weighted by Gasteiger charge is -2.15. The number of hydrogen-bond acceptors (Lipinski definition) is 6. The number of anilines is 2. The molecule has 2 radical (unpaired) electrons. The Morgan fingerprint density at radius 3 is 2.50 bits per heavy atom. The highest BCUT2D eigenvalue weighted by Crippen LogP contribution is 2.29. The molecule has 0 atom stereocenters. The first kappa shape index (κ1) is 21.1. The van der Waals surface area contributed by atoms with E-state index in [-0.39, 0.29) is 29.0 Å². The van der Waals surface area contributed by atoms with Crippen LogP contribution in [0.4, 0.5) is 24.8 Å². The Labute approximate surface area is 180 Å². The van der Waals surface area contributed by atoms with Crippen LogP contribution in [0.3, 0.4) is 0 Å². The van der Waals surface area contributed by atoms with Gasteiger partial charge in [-0.25, -0.2) is 9.97 Å². The van der Waals surface area contributed by atoms with Gasteiger partial charge in [0.2, 0.25) is 17.7 Å². The van der Waals surface area contributed by atoms with E-state index >= 15 is 0 Å². The van der Waals surface area contributed by atoms with E-state index in [0.29, 0.717) is 10.9 Å². The number of fused-ring (bicyclic) bond motifs is 1. The van der Waals surface area contributed by atoms with Crippen LogP contribution in [0, 0.1) is 0 Å². The molecular formula is C21H13BF3N5O2. The van der Waals surface area contributed by atoms with Crippen molar-refractivity contribution in [2.24, 2.45) is 0 Å². The predicted octanol–water partition coefficient (Wildman–Crippen LogP) is 3.46. The summed E-state index contributed by atoms with van der Waals surface area (Å²) in [5.41, 5.74) is 4.42. The number of carbonyl (C=O) groups excluding carboxylic acids is 1. The molecule has 0 spiro atoms. The minimum atomic E-state index is -4.64.